The first-order valence-electron chi connectivity index (χ1n) is 15.7. The minimum absolute atomic E-state index is 0.0321. The number of benzene rings is 3. The summed E-state index contributed by atoms with van der Waals surface area (Å²) in [7, 11) is 1.64. The summed E-state index contributed by atoms with van der Waals surface area (Å²) in [6, 6.07) is 21.7. The van der Waals surface area contributed by atoms with E-state index < -0.39 is 5.60 Å². The van der Waals surface area contributed by atoms with Gasteiger partial charge in [-0.25, -0.2) is 4.79 Å². The van der Waals surface area contributed by atoms with Crippen molar-refractivity contribution in [1.29, 1.82) is 0 Å². The molecule has 44 heavy (non-hydrogen) atoms. The van der Waals surface area contributed by atoms with E-state index in [-0.39, 0.29) is 18.0 Å². The number of anilines is 1. The average molecular weight is 602 g/mol. The van der Waals surface area contributed by atoms with Crippen LogP contribution in [0.3, 0.4) is 0 Å². The average Bonchev–Trinajstić information content (AvgIpc) is 3.49. The lowest BCUT2D eigenvalue weighted by Crippen LogP contribution is -2.42. The van der Waals surface area contributed by atoms with Gasteiger partial charge >= 0.3 is 6.09 Å². The van der Waals surface area contributed by atoms with Crippen molar-refractivity contribution in [2.75, 3.05) is 38.6 Å². The van der Waals surface area contributed by atoms with E-state index in [2.05, 4.69) is 23.5 Å². The number of methoxy groups -OCH3 is 1. The molecule has 1 unspecified atom stereocenters. The molecule has 1 aliphatic rings. The summed E-state index contributed by atoms with van der Waals surface area (Å²) in [4.78, 5) is 29.4. The maximum Gasteiger partial charge on any atom is 0.410 e. The van der Waals surface area contributed by atoms with Crippen molar-refractivity contribution in [2.45, 2.75) is 71.9 Å². The van der Waals surface area contributed by atoms with Crippen LogP contribution in [0.2, 0.25) is 0 Å². The van der Waals surface area contributed by atoms with E-state index in [1.165, 1.54) is 0 Å². The number of rotatable bonds is 12. The predicted octanol–water partition coefficient (Wildman–Crippen LogP) is 7.57. The van der Waals surface area contributed by atoms with Crippen LogP contribution in [0.5, 0.6) is 17.2 Å². The number of ether oxygens (including phenoxy) is 3. The van der Waals surface area contributed by atoms with Crippen molar-refractivity contribution >= 4 is 17.7 Å². The summed E-state index contributed by atoms with van der Waals surface area (Å²) in [6.45, 7) is 12.3. The Kier molecular flexibility index (Phi) is 11.1. The van der Waals surface area contributed by atoms with Gasteiger partial charge in [0, 0.05) is 31.7 Å². The summed E-state index contributed by atoms with van der Waals surface area (Å²) in [6.07, 6.45) is 3.17. The Morgan fingerprint density at radius 3 is 2.27 bits per heavy atom. The van der Waals surface area contributed by atoms with Crippen molar-refractivity contribution in [3.05, 3.63) is 83.4 Å². The summed E-state index contributed by atoms with van der Waals surface area (Å²) in [5.41, 5.74) is 3.28. The van der Waals surface area contributed by atoms with Crippen LogP contribution in [0.25, 0.3) is 0 Å². The normalized spacial score (nSPS) is 14.7. The van der Waals surface area contributed by atoms with Crippen LogP contribution in [0, 0.1) is 0 Å². The number of hydrogen-bond donors (Lipinski definition) is 1. The summed E-state index contributed by atoms with van der Waals surface area (Å²) in [5.74, 6) is 2.23. The van der Waals surface area contributed by atoms with Crippen LogP contribution in [0.1, 0.15) is 68.9 Å². The monoisotopic (exact) mass is 601 g/mol. The Labute approximate surface area is 262 Å². The highest BCUT2D eigenvalue weighted by atomic mass is 16.6. The molecule has 0 radical (unpaired) electrons. The van der Waals surface area contributed by atoms with E-state index in [9.17, 15) is 9.59 Å². The molecule has 0 aliphatic carbocycles. The lowest BCUT2D eigenvalue weighted by molar-refractivity contribution is 0.0235. The third-order valence-corrected chi connectivity index (χ3v) is 7.79. The summed E-state index contributed by atoms with van der Waals surface area (Å²) >= 11 is 0. The van der Waals surface area contributed by atoms with Gasteiger partial charge in [0.1, 0.15) is 17.1 Å². The minimum atomic E-state index is -0.533. The smallest absolute Gasteiger partial charge is 0.410 e. The second-order valence-electron chi connectivity index (χ2n) is 12.1. The Hall–Kier alpha value is -4.20. The number of nitrogens with zero attached hydrogens (tertiary/aromatic N) is 2. The summed E-state index contributed by atoms with van der Waals surface area (Å²) in [5, 5.41) is 3.55. The highest BCUT2D eigenvalue weighted by molar-refractivity contribution is 5.94. The topological polar surface area (TPSA) is 80.3 Å². The Bertz CT molecular complexity index is 1400. The van der Waals surface area contributed by atoms with E-state index in [0.29, 0.717) is 37.7 Å². The van der Waals surface area contributed by atoms with Gasteiger partial charge in [0.2, 0.25) is 0 Å². The molecule has 1 atom stereocenters. The van der Waals surface area contributed by atoms with E-state index in [4.69, 9.17) is 14.2 Å². The molecule has 8 heteroatoms. The SMILES string of the molecule is CCN(CC)C(=O)c1cccc(CCc2ccc(NCC3CCCN3C(=O)OC(C)(C)C)c(Oc3ccc(OC)cc3)c2)c1. The Morgan fingerprint density at radius 1 is 0.932 bits per heavy atom. The van der Waals surface area contributed by atoms with E-state index in [1.54, 1.807) is 7.11 Å². The first-order chi connectivity index (χ1) is 21.1. The second-order valence-corrected chi connectivity index (χ2v) is 12.1. The number of likely N-dealkylation sites (tertiary alicyclic amines) is 1. The fraction of sp³-hybridized carbons (Fsp3) is 0.444. The molecular weight excluding hydrogens is 554 g/mol. The molecular formula is C36H47N3O5. The lowest BCUT2D eigenvalue weighted by Gasteiger charge is -2.29. The number of hydrogen-bond acceptors (Lipinski definition) is 6. The predicted molar refractivity (Wildman–Crippen MR) is 175 cm³/mol. The molecule has 1 aliphatic heterocycles. The maximum absolute atomic E-state index is 12.9. The van der Waals surface area contributed by atoms with Gasteiger partial charge < -0.3 is 29.3 Å². The van der Waals surface area contributed by atoms with E-state index in [1.807, 2.05) is 92.9 Å². The zero-order chi connectivity index (χ0) is 31.7. The minimum Gasteiger partial charge on any atom is -0.497 e. The molecule has 1 N–H and O–H groups in total. The van der Waals surface area contributed by atoms with Gasteiger partial charge in [-0.2, -0.15) is 0 Å². The van der Waals surface area contributed by atoms with Crippen LogP contribution < -0.4 is 14.8 Å². The van der Waals surface area contributed by atoms with Crippen molar-refractivity contribution in [3.8, 4) is 17.2 Å². The van der Waals surface area contributed by atoms with Crippen molar-refractivity contribution < 1.29 is 23.8 Å². The molecule has 0 spiro atoms. The number of carbonyl (C=O) groups is 2. The third-order valence-electron chi connectivity index (χ3n) is 7.79. The fourth-order valence-corrected chi connectivity index (χ4v) is 5.40. The third kappa shape index (κ3) is 8.91. The van der Waals surface area contributed by atoms with Gasteiger partial charge in [-0.3, -0.25) is 4.79 Å². The number of aryl methyl sites for hydroxylation is 2. The largest absolute Gasteiger partial charge is 0.497 e. The molecule has 8 nitrogen and oxygen atoms in total. The Balaban J connectivity index is 1.50. The Morgan fingerprint density at radius 2 is 1.61 bits per heavy atom. The first kappa shape index (κ1) is 32.7. The number of amides is 2. The van der Waals surface area contributed by atoms with Gasteiger partial charge in [0.25, 0.3) is 5.91 Å². The van der Waals surface area contributed by atoms with Crippen LogP contribution in [-0.4, -0.2) is 66.7 Å². The van der Waals surface area contributed by atoms with Gasteiger partial charge in [-0.15, -0.1) is 0 Å². The number of carbonyl (C=O) groups excluding carboxylic acids is 2. The molecule has 236 valence electrons. The molecule has 0 saturated carbocycles. The van der Waals surface area contributed by atoms with Gasteiger partial charge in [0.15, 0.2) is 5.75 Å². The maximum atomic E-state index is 12.9. The second kappa shape index (κ2) is 15.0. The van der Waals surface area contributed by atoms with Crippen LogP contribution >= 0.6 is 0 Å². The molecule has 0 aromatic heterocycles. The molecule has 1 fully saturated rings. The van der Waals surface area contributed by atoms with Gasteiger partial charge in [-0.05, 0) is 120 Å². The molecule has 0 bridgehead atoms. The van der Waals surface area contributed by atoms with Crippen molar-refractivity contribution in [2.24, 2.45) is 0 Å². The fourth-order valence-electron chi connectivity index (χ4n) is 5.40. The molecule has 2 amide bonds. The first-order valence-corrected chi connectivity index (χ1v) is 15.7. The lowest BCUT2D eigenvalue weighted by atomic mass is 10.0. The van der Waals surface area contributed by atoms with Crippen molar-refractivity contribution in [3.63, 3.8) is 0 Å². The van der Waals surface area contributed by atoms with Gasteiger partial charge in [-0.1, -0.05) is 18.2 Å². The highest BCUT2D eigenvalue weighted by Crippen LogP contribution is 2.33. The van der Waals surface area contributed by atoms with Crippen LogP contribution in [0.15, 0.2) is 66.7 Å². The summed E-state index contributed by atoms with van der Waals surface area (Å²) < 4.78 is 17.3. The number of nitrogens with one attached hydrogen (secondary N) is 1. The van der Waals surface area contributed by atoms with Crippen molar-refractivity contribution in [1.82, 2.24) is 9.80 Å². The standard InChI is InChI=1S/C36H47N3O5/c1-7-38(8-2)34(40)28-12-9-11-26(23-28)14-15-27-16-21-32(33(24-27)43-31-19-17-30(42-6)18-20-31)37-25-29-13-10-22-39(29)35(41)44-36(3,4)5/h9,11-12,16-21,23-24,29,37H,7-8,10,13-15,22,25H2,1-6H3. The van der Waals surface area contributed by atoms with E-state index >= 15 is 0 Å². The molecule has 3 aromatic rings. The quantitative estimate of drug-likeness (QED) is 0.231. The molecule has 4 rings (SSSR count). The zero-order valence-corrected chi connectivity index (χ0v) is 27.0. The van der Waals surface area contributed by atoms with Crippen LogP contribution in [0.4, 0.5) is 10.5 Å². The van der Waals surface area contributed by atoms with Gasteiger partial charge in [0.05, 0.1) is 18.8 Å². The molecule has 1 heterocycles. The highest BCUT2D eigenvalue weighted by Gasteiger charge is 2.32. The molecule has 1 saturated heterocycles. The molecule has 3 aromatic carbocycles. The zero-order valence-electron chi connectivity index (χ0n) is 27.0. The van der Waals surface area contributed by atoms with Crippen LogP contribution in [-0.2, 0) is 17.6 Å². The van der Waals surface area contributed by atoms with E-state index in [0.717, 1.165) is 53.8 Å².